The molecule has 2 nitrogen and oxygen atoms in total. The van der Waals surface area contributed by atoms with Crippen LogP contribution in [0.2, 0.25) is 5.02 Å². The van der Waals surface area contributed by atoms with Crippen LogP contribution in [0.1, 0.15) is 42.0 Å². The minimum Gasteiger partial charge on any atom is -0.489 e. The molecule has 3 heteroatoms. The van der Waals surface area contributed by atoms with Crippen molar-refractivity contribution in [2.75, 3.05) is 0 Å². The SMILES string of the molecule is Cc1cc(Cl)c(C(C)C)cc1OCc1ccc(CO)cc1. The maximum atomic E-state index is 9.04. The van der Waals surface area contributed by atoms with Gasteiger partial charge in [0.05, 0.1) is 6.61 Å². The van der Waals surface area contributed by atoms with Gasteiger partial charge in [0.25, 0.3) is 0 Å². The van der Waals surface area contributed by atoms with Crippen LogP contribution in [0, 0.1) is 6.92 Å². The van der Waals surface area contributed by atoms with E-state index in [1.807, 2.05) is 43.3 Å². The third-order valence-electron chi connectivity index (χ3n) is 3.52. The minimum atomic E-state index is 0.0647. The molecule has 0 bridgehead atoms. The first-order chi connectivity index (χ1) is 10.0. The highest BCUT2D eigenvalue weighted by Gasteiger charge is 2.10. The molecule has 0 aromatic heterocycles. The topological polar surface area (TPSA) is 29.5 Å². The molecule has 0 heterocycles. The van der Waals surface area contributed by atoms with Crippen LogP contribution in [0.3, 0.4) is 0 Å². The van der Waals surface area contributed by atoms with E-state index in [4.69, 9.17) is 21.4 Å². The average Bonchev–Trinajstić information content (AvgIpc) is 2.46. The van der Waals surface area contributed by atoms with Crippen molar-refractivity contribution in [3.63, 3.8) is 0 Å². The molecule has 2 aromatic carbocycles. The van der Waals surface area contributed by atoms with Gasteiger partial charge in [-0.25, -0.2) is 0 Å². The number of rotatable bonds is 5. The van der Waals surface area contributed by atoms with Gasteiger partial charge >= 0.3 is 0 Å². The molecule has 0 fully saturated rings. The zero-order valence-electron chi connectivity index (χ0n) is 12.7. The first-order valence-electron chi connectivity index (χ1n) is 7.12. The lowest BCUT2D eigenvalue weighted by atomic mass is 10.0. The molecule has 0 aliphatic heterocycles. The van der Waals surface area contributed by atoms with E-state index in [1.54, 1.807) is 0 Å². The summed E-state index contributed by atoms with van der Waals surface area (Å²) in [5, 5.41) is 9.83. The highest BCUT2D eigenvalue weighted by Crippen LogP contribution is 2.31. The molecule has 0 aliphatic carbocycles. The van der Waals surface area contributed by atoms with E-state index in [0.29, 0.717) is 12.5 Å². The second-order valence-corrected chi connectivity index (χ2v) is 5.96. The predicted molar refractivity (Wildman–Crippen MR) is 87.0 cm³/mol. The van der Waals surface area contributed by atoms with Crippen molar-refractivity contribution in [1.29, 1.82) is 0 Å². The number of aliphatic hydroxyl groups excluding tert-OH is 1. The summed E-state index contributed by atoms with van der Waals surface area (Å²) in [7, 11) is 0. The van der Waals surface area contributed by atoms with E-state index in [9.17, 15) is 0 Å². The van der Waals surface area contributed by atoms with Gasteiger partial charge in [-0.05, 0) is 47.2 Å². The standard InChI is InChI=1S/C18H21ClO2/c1-12(2)16-9-18(13(3)8-17(16)19)21-11-15-6-4-14(10-20)5-7-15/h4-9,12,20H,10-11H2,1-3H3. The van der Waals surface area contributed by atoms with E-state index in [0.717, 1.165) is 33.0 Å². The Hall–Kier alpha value is -1.51. The van der Waals surface area contributed by atoms with Crippen LogP contribution in [-0.2, 0) is 13.2 Å². The Balaban J connectivity index is 2.13. The number of aliphatic hydroxyl groups is 1. The van der Waals surface area contributed by atoms with Gasteiger partial charge in [0.2, 0.25) is 0 Å². The lowest BCUT2D eigenvalue weighted by Crippen LogP contribution is -1.99. The molecule has 1 N–H and O–H groups in total. The van der Waals surface area contributed by atoms with Crippen molar-refractivity contribution in [3.05, 3.63) is 63.7 Å². The minimum absolute atomic E-state index is 0.0647. The maximum absolute atomic E-state index is 9.04. The fourth-order valence-corrected chi connectivity index (χ4v) is 2.60. The van der Waals surface area contributed by atoms with Gasteiger partial charge in [0.1, 0.15) is 12.4 Å². The van der Waals surface area contributed by atoms with E-state index in [1.165, 1.54) is 0 Å². The van der Waals surface area contributed by atoms with Crippen LogP contribution in [0.15, 0.2) is 36.4 Å². The fourth-order valence-electron chi connectivity index (χ4n) is 2.17. The molecule has 0 aliphatic rings. The van der Waals surface area contributed by atoms with Crippen molar-refractivity contribution in [1.82, 2.24) is 0 Å². The third-order valence-corrected chi connectivity index (χ3v) is 3.84. The highest BCUT2D eigenvalue weighted by molar-refractivity contribution is 6.31. The van der Waals surface area contributed by atoms with Crippen molar-refractivity contribution in [2.24, 2.45) is 0 Å². The summed E-state index contributed by atoms with van der Waals surface area (Å²) < 4.78 is 5.92. The first kappa shape index (κ1) is 15.9. The molecule has 21 heavy (non-hydrogen) atoms. The van der Waals surface area contributed by atoms with Crippen molar-refractivity contribution in [3.8, 4) is 5.75 Å². The monoisotopic (exact) mass is 304 g/mol. The van der Waals surface area contributed by atoms with Crippen LogP contribution in [-0.4, -0.2) is 5.11 Å². The molecular weight excluding hydrogens is 284 g/mol. The Kier molecular flexibility index (Phi) is 5.27. The summed E-state index contributed by atoms with van der Waals surface area (Å²) >= 11 is 6.27. The summed E-state index contributed by atoms with van der Waals surface area (Å²) in [6.45, 7) is 6.81. The van der Waals surface area contributed by atoms with Crippen molar-refractivity contribution < 1.29 is 9.84 Å². The van der Waals surface area contributed by atoms with Crippen LogP contribution < -0.4 is 4.74 Å². The molecule has 2 rings (SSSR count). The van der Waals surface area contributed by atoms with Crippen LogP contribution >= 0.6 is 11.6 Å². The molecule has 0 radical (unpaired) electrons. The molecule has 0 spiro atoms. The van der Waals surface area contributed by atoms with Gasteiger partial charge in [0, 0.05) is 5.02 Å². The van der Waals surface area contributed by atoms with E-state index in [-0.39, 0.29) is 6.61 Å². The fraction of sp³-hybridized carbons (Fsp3) is 0.333. The zero-order valence-corrected chi connectivity index (χ0v) is 13.4. The Morgan fingerprint density at radius 1 is 1.10 bits per heavy atom. The van der Waals surface area contributed by atoms with Crippen LogP contribution in [0.4, 0.5) is 0 Å². The predicted octanol–water partition coefficient (Wildman–Crippen LogP) is 4.84. The molecule has 112 valence electrons. The normalized spacial score (nSPS) is 11.0. The molecule has 0 saturated heterocycles. The second kappa shape index (κ2) is 6.97. The maximum Gasteiger partial charge on any atom is 0.123 e. The summed E-state index contributed by atoms with van der Waals surface area (Å²) in [6.07, 6.45) is 0. The Labute approximate surface area is 131 Å². The molecule has 0 atom stereocenters. The van der Waals surface area contributed by atoms with Gasteiger partial charge in [-0.15, -0.1) is 0 Å². The van der Waals surface area contributed by atoms with Gasteiger partial charge in [-0.3, -0.25) is 0 Å². The van der Waals surface area contributed by atoms with Gasteiger partial charge in [-0.2, -0.15) is 0 Å². The number of hydrogen-bond acceptors (Lipinski definition) is 2. The average molecular weight is 305 g/mol. The second-order valence-electron chi connectivity index (χ2n) is 5.56. The smallest absolute Gasteiger partial charge is 0.123 e. The van der Waals surface area contributed by atoms with E-state index in [2.05, 4.69) is 13.8 Å². The zero-order chi connectivity index (χ0) is 15.4. The Morgan fingerprint density at radius 3 is 2.29 bits per heavy atom. The van der Waals surface area contributed by atoms with Crippen LogP contribution in [0.5, 0.6) is 5.75 Å². The van der Waals surface area contributed by atoms with Crippen molar-refractivity contribution >= 4 is 11.6 Å². The number of halogens is 1. The molecule has 0 amide bonds. The van der Waals surface area contributed by atoms with Gasteiger partial charge in [-0.1, -0.05) is 49.7 Å². The first-order valence-corrected chi connectivity index (χ1v) is 7.50. The molecule has 0 saturated carbocycles. The summed E-state index contributed by atoms with van der Waals surface area (Å²) in [6, 6.07) is 11.8. The number of aryl methyl sites for hydroxylation is 1. The molecular formula is C18H21ClO2. The summed E-state index contributed by atoms with van der Waals surface area (Å²) in [5.41, 5.74) is 4.13. The Bertz CT molecular complexity index is 603. The summed E-state index contributed by atoms with van der Waals surface area (Å²) in [4.78, 5) is 0. The third kappa shape index (κ3) is 3.99. The number of ether oxygens (including phenoxy) is 1. The van der Waals surface area contributed by atoms with E-state index >= 15 is 0 Å². The Morgan fingerprint density at radius 2 is 1.71 bits per heavy atom. The number of hydrogen-bond donors (Lipinski definition) is 1. The van der Waals surface area contributed by atoms with Crippen molar-refractivity contribution in [2.45, 2.75) is 39.9 Å². The number of benzene rings is 2. The van der Waals surface area contributed by atoms with E-state index < -0.39 is 0 Å². The van der Waals surface area contributed by atoms with Gasteiger partial charge in [0.15, 0.2) is 0 Å². The largest absolute Gasteiger partial charge is 0.489 e. The molecule has 0 unspecified atom stereocenters. The highest BCUT2D eigenvalue weighted by atomic mass is 35.5. The quantitative estimate of drug-likeness (QED) is 0.856. The lowest BCUT2D eigenvalue weighted by molar-refractivity contribution is 0.281. The van der Waals surface area contributed by atoms with Gasteiger partial charge < -0.3 is 9.84 Å². The summed E-state index contributed by atoms with van der Waals surface area (Å²) in [5.74, 6) is 1.23. The molecule has 2 aromatic rings. The lowest BCUT2D eigenvalue weighted by Gasteiger charge is -2.15. The van der Waals surface area contributed by atoms with Crippen LogP contribution in [0.25, 0.3) is 0 Å².